The van der Waals surface area contributed by atoms with Gasteiger partial charge in [0.15, 0.2) is 0 Å². The summed E-state index contributed by atoms with van der Waals surface area (Å²) in [4.78, 5) is 0. The second-order valence-corrected chi connectivity index (χ2v) is 7.12. The van der Waals surface area contributed by atoms with Crippen molar-refractivity contribution in [2.24, 2.45) is 0 Å². The SMILES string of the molecule is C1=C2CCCCCCCCCCCCCCC(CCC1)O2. The van der Waals surface area contributed by atoms with Gasteiger partial charge in [-0.25, -0.2) is 0 Å². The highest BCUT2D eigenvalue weighted by Gasteiger charge is 2.14. The van der Waals surface area contributed by atoms with E-state index in [0.29, 0.717) is 6.10 Å². The minimum Gasteiger partial charge on any atom is -0.495 e. The molecule has 1 fully saturated rings. The van der Waals surface area contributed by atoms with E-state index in [2.05, 4.69) is 6.08 Å². The molecule has 1 saturated heterocycles. The molecule has 21 heavy (non-hydrogen) atoms. The fraction of sp³-hybridized carbons (Fsp3) is 0.900. The van der Waals surface area contributed by atoms with Gasteiger partial charge in [-0.2, -0.15) is 0 Å². The van der Waals surface area contributed by atoms with Crippen molar-refractivity contribution in [1.82, 2.24) is 0 Å². The second kappa shape index (κ2) is 11.2. The van der Waals surface area contributed by atoms with Crippen LogP contribution in [0.2, 0.25) is 0 Å². The topological polar surface area (TPSA) is 9.23 Å². The maximum absolute atomic E-state index is 6.30. The third-order valence-corrected chi connectivity index (χ3v) is 5.12. The van der Waals surface area contributed by atoms with E-state index < -0.39 is 0 Å². The zero-order chi connectivity index (χ0) is 14.6. The van der Waals surface area contributed by atoms with Crippen LogP contribution < -0.4 is 0 Å². The third kappa shape index (κ3) is 7.93. The first kappa shape index (κ1) is 16.9. The highest BCUT2D eigenvalue weighted by molar-refractivity contribution is 4.96. The Kier molecular flexibility index (Phi) is 8.98. The van der Waals surface area contributed by atoms with Gasteiger partial charge in [0.05, 0.1) is 11.9 Å². The number of hydrogen-bond donors (Lipinski definition) is 0. The van der Waals surface area contributed by atoms with Crippen LogP contribution in [0.25, 0.3) is 0 Å². The molecule has 0 saturated carbocycles. The van der Waals surface area contributed by atoms with Crippen molar-refractivity contribution >= 4 is 0 Å². The number of hydrogen-bond acceptors (Lipinski definition) is 1. The van der Waals surface area contributed by atoms with Gasteiger partial charge in [-0.3, -0.25) is 0 Å². The van der Waals surface area contributed by atoms with E-state index in [1.54, 1.807) is 0 Å². The zero-order valence-electron chi connectivity index (χ0n) is 14.1. The first-order chi connectivity index (χ1) is 10.4. The van der Waals surface area contributed by atoms with Gasteiger partial charge in [0.2, 0.25) is 0 Å². The van der Waals surface area contributed by atoms with E-state index in [9.17, 15) is 0 Å². The van der Waals surface area contributed by atoms with Crippen LogP contribution in [0.4, 0.5) is 0 Å². The fourth-order valence-corrected chi connectivity index (χ4v) is 3.73. The Morgan fingerprint density at radius 1 is 0.619 bits per heavy atom. The number of ether oxygens (including phenoxy) is 1. The van der Waals surface area contributed by atoms with Crippen LogP contribution >= 0.6 is 0 Å². The summed E-state index contributed by atoms with van der Waals surface area (Å²) in [6, 6.07) is 0. The number of allylic oxidation sites excluding steroid dienone is 2. The van der Waals surface area contributed by atoms with Crippen LogP contribution in [0.3, 0.4) is 0 Å². The molecule has 0 aromatic carbocycles. The van der Waals surface area contributed by atoms with Crippen LogP contribution in [0.5, 0.6) is 0 Å². The summed E-state index contributed by atoms with van der Waals surface area (Å²) in [6.07, 6.45) is 26.4. The molecule has 122 valence electrons. The lowest BCUT2D eigenvalue weighted by atomic mass is 10.0. The van der Waals surface area contributed by atoms with Crippen molar-refractivity contribution in [2.75, 3.05) is 0 Å². The Balaban J connectivity index is 1.75. The maximum atomic E-state index is 6.30. The molecule has 2 bridgehead atoms. The van der Waals surface area contributed by atoms with E-state index in [-0.39, 0.29) is 0 Å². The average Bonchev–Trinajstić information content (AvgIpc) is 2.72. The molecule has 0 aromatic heterocycles. The van der Waals surface area contributed by atoms with Gasteiger partial charge in [0.1, 0.15) is 0 Å². The molecule has 2 aliphatic heterocycles. The van der Waals surface area contributed by atoms with Gasteiger partial charge >= 0.3 is 0 Å². The van der Waals surface area contributed by atoms with Gasteiger partial charge < -0.3 is 4.74 Å². The molecule has 2 aliphatic rings. The molecule has 0 radical (unpaired) electrons. The largest absolute Gasteiger partial charge is 0.495 e. The monoisotopic (exact) mass is 292 g/mol. The summed E-state index contributed by atoms with van der Waals surface area (Å²) in [6.45, 7) is 0. The molecule has 0 amide bonds. The van der Waals surface area contributed by atoms with E-state index in [4.69, 9.17) is 4.74 Å². The predicted octanol–water partition coefficient (Wildman–Crippen LogP) is 6.91. The third-order valence-electron chi connectivity index (χ3n) is 5.12. The van der Waals surface area contributed by atoms with Crippen molar-refractivity contribution < 1.29 is 4.74 Å². The minimum absolute atomic E-state index is 0.523. The Labute approximate surface area is 132 Å². The van der Waals surface area contributed by atoms with Crippen molar-refractivity contribution in [1.29, 1.82) is 0 Å². The van der Waals surface area contributed by atoms with Gasteiger partial charge in [-0.1, -0.05) is 64.2 Å². The first-order valence-corrected chi connectivity index (χ1v) is 9.81. The molecular formula is C20H36O. The molecule has 0 aromatic rings. The summed E-state index contributed by atoms with van der Waals surface area (Å²) < 4.78 is 6.30. The van der Waals surface area contributed by atoms with Crippen LogP contribution in [-0.4, -0.2) is 6.10 Å². The molecule has 1 nitrogen and oxygen atoms in total. The normalized spacial score (nSPS) is 27.8. The van der Waals surface area contributed by atoms with Gasteiger partial charge in [-0.05, 0) is 44.6 Å². The highest BCUT2D eigenvalue weighted by atomic mass is 16.5. The molecule has 1 heteroatoms. The Hall–Kier alpha value is -0.460. The van der Waals surface area contributed by atoms with Crippen LogP contribution in [0, 0.1) is 0 Å². The zero-order valence-corrected chi connectivity index (χ0v) is 14.1. The lowest BCUT2D eigenvalue weighted by Crippen LogP contribution is -2.11. The summed E-state index contributed by atoms with van der Waals surface area (Å²) in [5.74, 6) is 1.32. The number of fused-ring (bicyclic) bond motifs is 2. The summed E-state index contributed by atoms with van der Waals surface area (Å²) in [5.41, 5.74) is 0. The van der Waals surface area contributed by atoms with Crippen LogP contribution in [-0.2, 0) is 4.74 Å². The smallest absolute Gasteiger partial charge is 0.0982 e. The van der Waals surface area contributed by atoms with Crippen LogP contribution in [0.1, 0.15) is 109 Å². The standard InChI is InChI=1S/C20H36O/c1-2-4-6-8-10-12-16-20-18-14-13-17-19(21-20)15-11-9-7-5-3-1/h17,20H,1-16,18H2. The van der Waals surface area contributed by atoms with Crippen molar-refractivity contribution in [2.45, 2.75) is 115 Å². The summed E-state index contributed by atoms with van der Waals surface area (Å²) in [7, 11) is 0. The van der Waals surface area contributed by atoms with Crippen molar-refractivity contribution in [3.05, 3.63) is 11.8 Å². The average molecular weight is 293 g/mol. The van der Waals surface area contributed by atoms with Crippen molar-refractivity contribution in [3.8, 4) is 0 Å². The van der Waals surface area contributed by atoms with E-state index >= 15 is 0 Å². The lowest BCUT2D eigenvalue weighted by Gasteiger charge is -2.19. The molecule has 0 N–H and O–H groups in total. The summed E-state index contributed by atoms with van der Waals surface area (Å²) >= 11 is 0. The van der Waals surface area contributed by atoms with Crippen molar-refractivity contribution in [3.63, 3.8) is 0 Å². The maximum Gasteiger partial charge on any atom is 0.0982 e. The number of rotatable bonds is 0. The lowest BCUT2D eigenvalue weighted by molar-refractivity contribution is 0.0950. The predicted molar refractivity (Wildman–Crippen MR) is 91.4 cm³/mol. The van der Waals surface area contributed by atoms with E-state index in [0.717, 1.165) is 0 Å². The molecule has 2 rings (SSSR count). The molecule has 0 aliphatic carbocycles. The molecule has 0 spiro atoms. The molecule has 1 unspecified atom stereocenters. The second-order valence-electron chi connectivity index (χ2n) is 7.12. The quantitative estimate of drug-likeness (QED) is 0.471. The Morgan fingerprint density at radius 3 is 1.81 bits per heavy atom. The summed E-state index contributed by atoms with van der Waals surface area (Å²) in [5, 5.41) is 0. The molecule has 1 atom stereocenters. The van der Waals surface area contributed by atoms with Crippen LogP contribution in [0.15, 0.2) is 11.8 Å². The minimum atomic E-state index is 0.523. The molecular weight excluding hydrogens is 256 g/mol. The van der Waals surface area contributed by atoms with E-state index in [1.165, 1.54) is 115 Å². The fourth-order valence-electron chi connectivity index (χ4n) is 3.73. The van der Waals surface area contributed by atoms with Gasteiger partial charge in [-0.15, -0.1) is 0 Å². The Morgan fingerprint density at radius 2 is 1.14 bits per heavy atom. The highest BCUT2D eigenvalue weighted by Crippen LogP contribution is 2.25. The first-order valence-electron chi connectivity index (χ1n) is 9.81. The van der Waals surface area contributed by atoms with Gasteiger partial charge in [0.25, 0.3) is 0 Å². The van der Waals surface area contributed by atoms with E-state index in [1.807, 2.05) is 0 Å². The Bertz CT molecular complexity index is 282. The van der Waals surface area contributed by atoms with Gasteiger partial charge in [0, 0.05) is 6.42 Å². The molecule has 2 heterocycles.